The van der Waals surface area contributed by atoms with E-state index in [1.807, 2.05) is 0 Å². The molecule has 1 aliphatic carbocycles. The molecule has 0 aromatic carbocycles. The largest absolute Gasteiger partial charge is 0.508 e. The minimum atomic E-state index is -0.901. The van der Waals surface area contributed by atoms with Crippen LogP contribution in [0.3, 0.4) is 0 Å². The van der Waals surface area contributed by atoms with E-state index >= 15 is 0 Å². The van der Waals surface area contributed by atoms with Gasteiger partial charge in [-0.25, -0.2) is 9.59 Å². The Morgan fingerprint density at radius 3 is 2.32 bits per heavy atom. The van der Waals surface area contributed by atoms with Gasteiger partial charge in [0.15, 0.2) is 6.10 Å². The molecule has 0 saturated heterocycles. The number of hydrogen-bond acceptors (Lipinski definition) is 7. The first-order chi connectivity index (χ1) is 8.97. The van der Waals surface area contributed by atoms with E-state index in [0.717, 1.165) is 0 Å². The van der Waals surface area contributed by atoms with Gasteiger partial charge in [-0.2, -0.15) is 0 Å². The van der Waals surface area contributed by atoms with E-state index in [0.29, 0.717) is 0 Å². The van der Waals surface area contributed by atoms with E-state index in [2.05, 4.69) is 25.4 Å². The summed E-state index contributed by atoms with van der Waals surface area (Å²) in [5.74, 6) is -0.00342. The fourth-order valence-electron chi connectivity index (χ4n) is 1.74. The summed E-state index contributed by atoms with van der Waals surface area (Å²) in [5.41, 5.74) is 0. The lowest BCUT2D eigenvalue weighted by atomic mass is 10.1. The van der Waals surface area contributed by atoms with Crippen LogP contribution in [0.1, 0.15) is 19.3 Å². The van der Waals surface area contributed by atoms with Crippen LogP contribution in [0.5, 0.6) is 0 Å². The number of rotatable bonds is 2. The number of carbonyl (C=O) groups is 3. The molecule has 0 aromatic heterocycles. The first-order valence-electron chi connectivity index (χ1n) is 5.63. The van der Waals surface area contributed by atoms with E-state index in [4.69, 9.17) is 9.47 Å². The molecule has 1 fully saturated rings. The summed E-state index contributed by atoms with van der Waals surface area (Å²) in [6.07, 6.45) is -2.68. The number of halogens is 1. The zero-order valence-corrected chi connectivity index (χ0v) is 12.2. The van der Waals surface area contributed by atoms with Crippen LogP contribution in [-0.2, 0) is 23.7 Å². The Hall–Kier alpha value is -1.31. The maximum Gasteiger partial charge on any atom is 0.508 e. The second kappa shape index (κ2) is 7.32. The average Bonchev–Trinajstić information content (AvgIpc) is 2.51. The molecule has 1 rings (SSSR count). The highest BCUT2D eigenvalue weighted by molar-refractivity contribution is 9.09. The van der Waals surface area contributed by atoms with Crippen molar-refractivity contribution in [2.24, 2.45) is 0 Å². The minimum Gasteiger partial charge on any atom is -0.438 e. The Labute approximate surface area is 118 Å². The Bertz CT molecular complexity index is 357. The van der Waals surface area contributed by atoms with Crippen molar-refractivity contribution in [1.29, 1.82) is 0 Å². The average molecular weight is 339 g/mol. The summed E-state index contributed by atoms with van der Waals surface area (Å²) in [6, 6.07) is 0. The van der Waals surface area contributed by atoms with Crippen molar-refractivity contribution < 1.29 is 33.3 Å². The van der Waals surface area contributed by atoms with Crippen molar-refractivity contribution in [3.8, 4) is 0 Å². The fourth-order valence-corrected chi connectivity index (χ4v) is 2.55. The van der Waals surface area contributed by atoms with E-state index in [9.17, 15) is 14.4 Å². The maximum atomic E-state index is 11.5. The lowest BCUT2D eigenvalue weighted by Crippen LogP contribution is -2.40. The fraction of sp³-hybridized carbons (Fsp3) is 0.727. The van der Waals surface area contributed by atoms with Crippen LogP contribution in [0.15, 0.2) is 0 Å². The van der Waals surface area contributed by atoms with Crippen LogP contribution in [0.2, 0.25) is 0 Å². The van der Waals surface area contributed by atoms with Gasteiger partial charge in [0.2, 0.25) is 0 Å². The van der Waals surface area contributed by atoms with Crippen LogP contribution >= 0.6 is 15.9 Å². The third-order valence-corrected chi connectivity index (χ3v) is 3.51. The predicted molar refractivity (Wildman–Crippen MR) is 66.1 cm³/mol. The highest BCUT2D eigenvalue weighted by Crippen LogP contribution is 2.27. The lowest BCUT2D eigenvalue weighted by Gasteiger charge is -2.26. The molecule has 0 heterocycles. The molecule has 0 spiro atoms. The Kier molecular flexibility index (Phi) is 6.07. The van der Waals surface area contributed by atoms with Gasteiger partial charge in [-0.05, 0) is 6.42 Å². The Morgan fingerprint density at radius 2 is 1.74 bits per heavy atom. The molecular formula is C11H15BrO7. The van der Waals surface area contributed by atoms with Gasteiger partial charge >= 0.3 is 12.3 Å². The van der Waals surface area contributed by atoms with Gasteiger partial charge in [-0.1, -0.05) is 15.9 Å². The number of ketones is 1. The summed E-state index contributed by atoms with van der Waals surface area (Å²) in [7, 11) is 2.34. The van der Waals surface area contributed by atoms with Crippen LogP contribution in [0, 0.1) is 0 Å². The van der Waals surface area contributed by atoms with Crippen molar-refractivity contribution >= 4 is 34.0 Å². The molecule has 1 aliphatic rings. The van der Waals surface area contributed by atoms with Gasteiger partial charge < -0.3 is 18.9 Å². The minimum absolute atomic E-state index is 0.00342. The first kappa shape index (κ1) is 15.7. The van der Waals surface area contributed by atoms with E-state index in [1.165, 1.54) is 14.2 Å². The number of carbonyl (C=O) groups excluding carboxylic acids is 3. The molecule has 0 unspecified atom stereocenters. The smallest absolute Gasteiger partial charge is 0.438 e. The molecule has 108 valence electrons. The molecular weight excluding hydrogens is 324 g/mol. The van der Waals surface area contributed by atoms with Crippen LogP contribution in [-0.4, -0.2) is 49.3 Å². The molecule has 1 saturated carbocycles. The topological polar surface area (TPSA) is 88.1 Å². The van der Waals surface area contributed by atoms with Crippen molar-refractivity contribution in [3.05, 3.63) is 0 Å². The summed E-state index contributed by atoms with van der Waals surface area (Å²) < 4.78 is 18.9. The monoisotopic (exact) mass is 338 g/mol. The number of methoxy groups -OCH3 is 2. The summed E-state index contributed by atoms with van der Waals surface area (Å²) in [4.78, 5) is 33.4. The maximum absolute atomic E-state index is 11.5. The van der Waals surface area contributed by atoms with Crippen LogP contribution < -0.4 is 0 Å². The van der Waals surface area contributed by atoms with Crippen LogP contribution in [0.25, 0.3) is 0 Å². The van der Waals surface area contributed by atoms with Crippen molar-refractivity contribution in [2.75, 3.05) is 14.2 Å². The highest BCUT2D eigenvalue weighted by Gasteiger charge is 2.38. The summed E-state index contributed by atoms with van der Waals surface area (Å²) in [5, 5.41) is 0. The lowest BCUT2D eigenvalue weighted by molar-refractivity contribution is -0.119. The summed E-state index contributed by atoms with van der Waals surface area (Å²) >= 11 is 3.27. The van der Waals surface area contributed by atoms with Gasteiger partial charge in [-0.15, -0.1) is 0 Å². The van der Waals surface area contributed by atoms with E-state index in [-0.39, 0.29) is 25.0 Å². The van der Waals surface area contributed by atoms with Gasteiger partial charge in [0.25, 0.3) is 0 Å². The molecule has 0 bridgehead atoms. The van der Waals surface area contributed by atoms with Crippen molar-refractivity contribution in [3.63, 3.8) is 0 Å². The summed E-state index contributed by atoms with van der Waals surface area (Å²) in [6.45, 7) is 0. The predicted octanol–water partition coefficient (Wildman–Crippen LogP) is 1.81. The molecule has 0 amide bonds. The third kappa shape index (κ3) is 4.70. The van der Waals surface area contributed by atoms with Crippen molar-refractivity contribution in [2.45, 2.75) is 36.3 Å². The second-order valence-electron chi connectivity index (χ2n) is 3.94. The molecule has 3 atom stereocenters. The van der Waals surface area contributed by atoms with E-state index in [1.54, 1.807) is 0 Å². The van der Waals surface area contributed by atoms with Gasteiger partial charge in [0.05, 0.1) is 19.0 Å². The first-order valence-corrected chi connectivity index (χ1v) is 6.54. The van der Waals surface area contributed by atoms with Gasteiger partial charge in [0, 0.05) is 12.8 Å². The number of ether oxygens (including phenoxy) is 4. The molecule has 8 heteroatoms. The van der Waals surface area contributed by atoms with Gasteiger partial charge in [-0.3, -0.25) is 4.79 Å². The molecule has 19 heavy (non-hydrogen) atoms. The Morgan fingerprint density at radius 1 is 1.16 bits per heavy atom. The number of alkyl halides is 1. The standard InChI is InChI=1S/C11H15BrO7/c1-16-10(14)18-8-4-3-6(13)5-7(12)9(8)19-11(15)17-2/h7-9H,3-5H2,1-2H3/t7-,8+,9-/m0/s1. The normalized spacial score (nSPS) is 27.1. The molecule has 0 N–H and O–H groups in total. The molecule has 0 aliphatic heterocycles. The number of Topliss-reactive ketones (excluding diaryl/α,β-unsaturated/α-hetero) is 1. The van der Waals surface area contributed by atoms with Crippen LogP contribution in [0.4, 0.5) is 9.59 Å². The molecule has 0 radical (unpaired) electrons. The van der Waals surface area contributed by atoms with Crippen molar-refractivity contribution in [1.82, 2.24) is 0 Å². The highest BCUT2D eigenvalue weighted by atomic mass is 79.9. The molecule has 0 aromatic rings. The number of hydrogen-bond donors (Lipinski definition) is 0. The van der Waals surface area contributed by atoms with Gasteiger partial charge in [0.1, 0.15) is 11.9 Å². The third-order valence-electron chi connectivity index (χ3n) is 2.67. The molecule has 7 nitrogen and oxygen atoms in total. The van der Waals surface area contributed by atoms with E-state index < -0.39 is 29.3 Å². The second-order valence-corrected chi connectivity index (χ2v) is 5.12. The SMILES string of the molecule is COC(=O)O[C@H]1[C@@H](Br)CC(=O)CC[C@H]1OC(=O)OC. The zero-order valence-electron chi connectivity index (χ0n) is 10.6. The Balaban J connectivity index is 2.82. The quantitative estimate of drug-likeness (QED) is 0.431. The zero-order chi connectivity index (χ0) is 14.4.